The van der Waals surface area contributed by atoms with Gasteiger partial charge in [-0.15, -0.1) is 0 Å². The van der Waals surface area contributed by atoms with Gasteiger partial charge in [0.1, 0.15) is 5.75 Å². The van der Waals surface area contributed by atoms with E-state index < -0.39 is 5.91 Å². The van der Waals surface area contributed by atoms with Crippen LogP contribution in [0, 0.1) is 3.57 Å². The summed E-state index contributed by atoms with van der Waals surface area (Å²) in [5.74, 6) is -0.153. The molecule has 0 atom stereocenters. The Balaban J connectivity index is 1.99. The Kier molecular flexibility index (Phi) is 5.76. The molecule has 5 nitrogen and oxygen atoms in total. The first-order valence-electron chi connectivity index (χ1n) is 6.70. The van der Waals surface area contributed by atoms with Gasteiger partial charge in [0.2, 0.25) is 0 Å². The Morgan fingerprint density at radius 3 is 2.50 bits per heavy atom. The average Bonchev–Trinajstić information content (AvgIpc) is 2.53. The van der Waals surface area contributed by atoms with E-state index in [1.807, 2.05) is 19.1 Å². The van der Waals surface area contributed by atoms with Crippen molar-refractivity contribution < 1.29 is 14.3 Å². The molecule has 22 heavy (non-hydrogen) atoms. The lowest BCUT2D eigenvalue weighted by Crippen LogP contribution is -2.41. The molecule has 0 bridgehead atoms. The number of carbonyl (C=O) groups is 2. The van der Waals surface area contributed by atoms with Crippen LogP contribution in [0.4, 0.5) is 0 Å². The number of amides is 2. The number of hydrogen-bond acceptors (Lipinski definition) is 3. The van der Waals surface area contributed by atoms with Crippen molar-refractivity contribution in [2.75, 3.05) is 6.61 Å². The number of halogens is 1. The summed E-state index contributed by atoms with van der Waals surface area (Å²) in [6.07, 6.45) is 0. The van der Waals surface area contributed by atoms with Crippen LogP contribution in [0.3, 0.4) is 0 Å². The molecule has 2 aromatic rings. The minimum atomic E-state index is -0.402. The van der Waals surface area contributed by atoms with Gasteiger partial charge in [-0.2, -0.15) is 0 Å². The SMILES string of the molecule is CCOc1cccc(C(=O)NNC(=O)c2ccccc2I)c1. The lowest BCUT2D eigenvalue weighted by atomic mass is 10.2. The first-order valence-corrected chi connectivity index (χ1v) is 7.77. The lowest BCUT2D eigenvalue weighted by Gasteiger charge is -2.09. The van der Waals surface area contributed by atoms with Crippen molar-refractivity contribution in [1.82, 2.24) is 10.9 Å². The van der Waals surface area contributed by atoms with Gasteiger partial charge in [-0.1, -0.05) is 18.2 Å². The molecule has 0 aliphatic heterocycles. The summed E-state index contributed by atoms with van der Waals surface area (Å²) in [7, 11) is 0. The van der Waals surface area contributed by atoms with Crippen LogP contribution in [0.2, 0.25) is 0 Å². The molecular weight excluding hydrogens is 395 g/mol. The largest absolute Gasteiger partial charge is 0.494 e. The highest BCUT2D eigenvalue weighted by Crippen LogP contribution is 2.13. The molecule has 6 heteroatoms. The highest BCUT2D eigenvalue weighted by Gasteiger charge is 2.11. The summed E-state index contributed by atoms with van der Waals surface area (Å²) in [5, 5.41) is 0. The van der Waals surface area contributed by atoms with E-state index in [0.29, 0.717) is 23.5 Å². The quantitative estimate of drug-likeness (QED) is 0.602. The van der Waals surface area contributed by atoms with Crippen LogP contribution < -0.4 is 15.6 Å². The van der Waals surface area contributed by atoms with E-state index in [-0.39, 0.29) is 5.91 Å². The normalized spacial score (nSPS) is 9.91. The van der Waals surface area contributed by atoms with Crippen molar-refractivity contribution in [1.29, 1.82) is 0 Å². The van der Waals surface area contributed by atoms with E-state index in [0.717, 1.165) is 3.57 Å². The van der Waals surface area contributed by atoms with Crippen molar-refractivity contribution in [2.45, 2.75) is 6.92 Å². The maximum Gasteiger partial charge on any atom is 0.270 e. The molecule has 0 radical (unpaired) electrons. The summed E-state index contributed by atoms with van der Waals surface area (Å²) in [6, 6.07) is 13.9. The number of carbonyl (C=O) groups excluding carboxylic acids is 2. The number of ether oxygens (including phenoxy) is 1. The Morgan fingerprint density at radius 2 is 1.77 bits per heavy atom. The summed E-state index contributed by atoms with van der Waals surface area (Å²) < 4.78 is 6.15. The topological polar surface area (TPSA) is 67.4 Å². The van der Waals surface area contributed by atoms with Crippen LogP contribution in [0.25, 0.3) is 0 Å². The van der Waals surface area contributed by atoms with Gasteiger partial charge in [0.05, 0.1) is 12.2 Å². The summed E-state index contributed by atoms with van der Waals surface area (Å²) >= 11 is 2.07. The smallest absolute Gasteiger partial charge is 0.270 e. The minimum absolute atomic E-state index is 0.362. The third-order valence-corrected chi connectivity index (χ3v) is 3.76. The molecule has 114 valence electrons. The Bertz CT molecular complexity index is 689. The second-order valence-corrected chi connectivity index (χ2v) is 5.51. The zero-order chi connectivity index (χ0) is 15.9. The van der Waals surface area contributed by atoms with E-state index in [9.17, 15) is 9.59 Å². The highest BCUT2D eigenvalue weighted by molar-refractivity contribution is 14.1. The summed E-state index contributed by atoms with van der Waals surface area (Å²) in [5.41, 5.74) is 5.72. The molecule has 2 aromatic carbocycles. The molecule has 0 aliphatic rings. The minimum Gasteiger partial charge on any atom is -0.494 e. The molecule has 2 rings (SSSR count). The molecule has 0 aromatic heterocycles. The monoisotopic (exact) mass is 410 g/mol. The molecule has 2 N–H and O–H groups in total. The second-order valence-electron chi connectivity index (χ2n) is 4.35. The number of hydrogen-bond donors (Lipinski definition) is 2. The lowest BCUT2D eigenvalue weighted by molar-refractivity contribution is 0.0846. The van der Waals surface area contributed by atoms with Gasteiger partial charge >= 0.3 is 0 Å². The number of hydrazine groups is 1. The van der Waals surface area contributed by atoms with Gasteiger partial charge in [0.15, 0.2) is 0 Å². The van der Waals surface area contributed by atoms with Gasteiger partial charge in [-0.05, 0) is 59.8 Å². The molecule has 0 spiro atoms. The second kappa shape index (κ2) is 7.79. The number of rotatable bonds is 4. The zero-order valence-corrected chi connectivity index (χ0v) is 14.1. The first-order chi connectivity index (χ1) is 10.6. The highest BCUT2D eigenvalue weighted by atomic mass is 127. The van der Waals surface area contributed by atoms with Gasteiger partial charge in [0, 0.05) is 9.13 Å². The molecule has 0 saturated heterocycles. The molecule has 0 saturated carbocycles. The zero-order valence-electron chi connectivity index (χ0n) is 11.9. The summed E-state index contributed by atoms with van der Waals surface area (Å²) in [6.45, 7) is 2.39. The standard InChI is InChI=1S/C16H15IN2O3/c1-2-22-12-7-5-6-11(10-12)15(20)18-19-16(21)13-8-3-4-9-14(13)17/h3-10H,2H2,1H3,(H,18,20)(H,19,21). The fourth-order valence-electron chi connectivity index (χ4n) is 1.79. The summed E-state index contributed by atoms with van der Waals surface area (Å²) in [4.78, 5) is 24.1. The van der Waals surface area contributed by atoms with Crippen LogP contribution in [-0.4, -0.2) is 18.4 Å². The van der Waals surface area contributed by atoms with Crippen LogP contribution in [-0.2, 0) is 0 Å². The van der Waals surface area contributed by atoms with Crippen molar-refractivity contribution in [3.63, 3.8) is 0 Å². The number of nitrogens with one attached hydrogen (secondary N) is 2. The molecule has 0 heterocycles. The molecule has 0 fully saturated rings. The molecule has 2 amide bonds. The van der Waals surface area contributed by atoms with Gasteiger partial charge < -0.3 is 4.74 Å². The van der Waals surface area contributed by atoms with E-state index in [1.165, 1.54) is 0 Å². The van der Waals surface area contributed by atoms with Crippen molar-refractivity contribution in [3.8, 4) is 5.75 Å². The number of benzene rings is 2. The van der Waals surface area contributed by atoms with Crippen LogP contribution in [0.5, 0.6) is 5.75 Å². The van der Waals surface area contributed by atoms with E-state index in [4.69, 9.17) is 4.74 Å². The molecule has 0 unspecified atom stereocenters. The van der Waals surface area contributed by atoms with Gasteiger partial charge in [0.25, 0.3) is 11.8 Å². The van der Waals surface area contributed by atoms with Crippen LogP contribution in [0.15, 0.2) is 48.5 Å². The fourth-order valence-corrected chi connectivity index (χ4v) is 2.42. The van der Waals surface area contributed by atoms with Gasteiger partial charge in [-0.25, -0.2) is 0 Å². The predicted molar refractivity (Wildman–Crippen MR) is 91.7 cm³/mol. The third-order valence-electron chi connectivity index (χ3n) is 2.82. The van der Waals surface area contributed by atoms with E-state index >= 15 is 0 Å². The molecule has 0 aliphatic carbocycles. The van der Waals surface area contributed by atoms with E-state index in [2.05, 4.69) is 33.4 Å². The Morgan fingerprint density at radius 1 is 1.05 bits per heavy atom. The van der Waals surface area contributed by atoms with E-state index in [1.54, 1.807) is 36.4 Å². The maximum absolute atomic E-state index is 12.0. The van der Waals surface area contributed by atoms with Gasteiger partial charge in [-0.3, -0.25) is 20.4 Å². The van der Waals surface area contributed by atoms with Crippen molar-refractivity contribution in [3.05, 3.63) is 63.2 Å². The van der Waals surface area contributed by atoms with Crippen molar-refractivity contribution >= 4 is 34.4 Å². The maximum atomic E-state index is 12.0. The average molecular weight is 410 g/mol. The third kappa shape index (κ3) is 4.20. The Labute approximate surface area is 142 Å². The fraction of sp³-hybridized carbons (Fsp3) is 0.125. The predicted octanol–water partition coefficient (Wildman–Crippen LogP) is 2.76. The molecular formula is C16H15IN2O3. The van der Waals surface area contributed by atoms with Crippen LogP contribution >= 0.6 is 22.6 Å². The van der Waals surface area contributed by atoms with Crippen LogP contribution in [0.1, 0.15) is 27.6 Å². The van der Waals surface area contributed by atoms with Crippen molar-refractivity contribution in [2.24, 2.45) is 0 Å². The first kappa shape index (κ1) is 16.3. The Hall–Kier alpha value is -2.09.